The molecule has 1 aromatic heterocycles. The maximum atomic E-state index is 13.1. The molecule has 0 radical (unpaired) electrons. The first-order valence-corrected chi connectivity index (χ1v) is 9.16. The number of hydrogen-bond acceptors (Lipinski definition) is 3. The molecule has 3 aliphatic rings. The van der Waals surface area contributed by atoms with Crippen LogP contribution in [0.5, 0.6) is 0 Å². The minimum Gasteiger partial charge on any atom is -0.342 e. The van der Waals surface area contributed by atoms with Gasteiger partial charge in [0.1, 0.15) is 0 Å². The smallest absolute Gasteiger partial charge is 0.256 e. The van der Waals surface area contributed by atoms with Crippen LogP contribution in [0.1, 0.15) is 55.1 Å². The highest BCUT2D eigenvalue weighted by atomic mass is 16.2. The fourth-order valence-electron chi connectivity index (χ4n) is 4.68. The number of nitrogens with zero attached hydrogens (tertiary/aromatic N) is 3. The van der Waals surface area contributed by atoms with Crippen LogP contribution in [0.2, 0.25) is 0 Å². The van der Waals surface area contributed by atoms with Gasteiger partial charge >= 0.3 is 0 Å². The highest BCUT2D eigenvalue weighted by Gasteiger charge is 2.51. The summed E-state index contributed by atoms with van der Waals surface area (Å²) in [6, 6.07) is 3.68. The molecule has 0 N–H and O–H groups in total. The molecule has 2 aliphatic heterocycles. The summed E-state index contributed by atoms with van der Waals surface area (Å²) in [5.74, 6) is 0.312. The quantitative estimate of drug-likeness (QED) is 0.739. The summed E-state index contributed by atoms with van der Waals surface area (Å²) in [6.45, 7) is 3.46. The van der Waals surface area contributed by atoms with Crippen LogP contribution in [0, 0.1) is 5.41 Å². The fraction of sp³-hybridized carbons (Fsp3) is 0.550. The number of carbonyl (C=O) groups excluding carboxylic acids is 2. The van der Waals surface area contributed by atoms with Gasteiger partial charge in [-0.25, -0.2) is 0 Å². The number of amides is 2. The second-order valence-corrected chi connectivity index (χ2v) is 7.86. The van der Waals surface area contributed by atoms with Crippen molar-refractivity contribution >= 4 is 11.8 Å². The van der Waals surface area contributed by atoms with Crippen LogP contribution in [-0.4, -0.2) is 46.7 Å². The standard InChI is InChI=1S/C20H25N3O2/c1-19(8-4-3-5-9-19)18(25)23-13-10-20(11-14-23)16-15(7-6-12-21-16)17(24)22(20)2/h3-4,6-7,12H,5,8-11,13-14H2,1-2H3. The first kappa shape index (κ1) is 16.3. The first-order valence-electron chi connectivity index (χ1n) is 9.16. The van der Waals surface area contributed by atoms with E-state index in [1.807, 2.05) is 29.0 Å². The molecule has 1 atom stereocenters. The molecule has 2 amide bonds. The van der Waals surface area contributed by atoms with E-state index >= 15 is 0 Å². The fourth-order valence-corrected chi connectivity index (χ4v) is 4.68. The number of piperidine rings is 1. The Morgan fingerprint density at radius 2 is 1.96 bits per heavy atom. The van der Waals surface area contributed by atoms with E-state index in [4.69, 9.17) is 0 Å². The number of allylic oxidation sites excluding steroid dienone is 2. The topological polar surface area (TPSA) is 53.5 Å². The van der Waals surface area contributed by atoms with Crippen LogP contribution in [0.4, 0.5) is 0 Å². The van der Waals surface area contributed by atoms with E-state index in [1.165, 1.54) is 0 Å². The van der Waals surface area contributed by atoms with Crippen molar-refractivity contribution in [2.24, 2.45) is 5.41 Å². The lowest BCUT2D eigenvalue weighted by atomic mass is 9.76. The Morgan fingerprint density at radius 1 is 1.20 bits per heavy atom. The van der Waals surface area contributed by atoms with E-state index in [2.05, 4.69) is 24.1 Å². The van der Waals surface area contributed by atoms with Crippen molar-refractivity contribution in [2.45, 2.75) is 44.6 Å². The molecule has 1 saturated heterocycles. The minimum atomic E-state index is -0.349. The second-order valence-electron chi connectivity index (χ2n) is 7.86. The van der Waals surface area contributed by atoms with E-state index in [0.29, 0.717) is 18.7 Å². The predicted molar refractivity (Wildman–Crippen MR) is 94.9 cm³/mol. The van der Waals surface area contributed by atoms with Gasteiger partial charge in [0.25, 0.3) is 5.91 Å². The van der Waals surface area contributed by atoms with Crippen LogP contribution >= 0.6 is 0 Å². The monoisotopic (exact) mass is 339 g/mol. The van der Waals surface area contributed by atoms with Gasteiger partial charge in [-0.1, -0.05) is 19.1 Å². The minimum absolute atomic E-state index is 0.0484. The molecule has 5 nitrogen and oxygen atoms in total. The Bertz CT molecular complexity index is 749. The van der Waals surface area contributed by atoms with Crippen molar-refractivity contribution < 1.29 is 9.59 Å². The molecule has 132 valence electrons. The summed E-state index contributed by atoms with van der Waals surface area (Å²) in [5, 5.41) is 0. The van der Waals surface area contributed by atoms with Crippen molar-refractivity contribution in [3.63, 3.8) is 0 Å². The molecule has 1 aromatic rings. The Kier molecular flexibility index (Phi) is 3.71. The van der Waals surface area contributed by atoms with Crippen LogP contribution < -0.4 is 0 Å². The number of carbonyl (C=O) groups is 2. The van der Waals surface area contributed by atoms with Crippen molar-refractivity contribution in [3.05, 3.63) is 41.7 Å². The average molecular weight is 339 g/mol. The zero-order valence-corrected chi connectivity index (χ0v) is 15.0. The lowest BCUT2D eigenvalue weighted by molar-refractivity contribution is -0.144. The molecular formula is C20H25N3O2. The van der Waals surface area contributed by atoms with Gasteiger partial charge in [0.05, 0.1) is 22.2 Å². The molecule has 1 unspecified atom stereocenters. The van der Waals surface area contributed by atoms with Gasteiger partial charge in [-0.05, 0) is 44.2 Å². The van der Waals surface area contributed by atoms with Crippen molar-refractivity contribution in [1.29, 1.82) is 0 Å². The molecule has 1 fully saturated rings. The van der Waals surface area contributed by atoms with E-state index in [0.717, 1.165) is 37.8 Å². The van der Waals surface area contributed by atoms with E-state index in [1.54, 1.807) is 6.20 Å². The van der Waals surface area contributed by atoms with E-state index < -0.39 is 0 Å². The maximum absolute atomic E-state index is 13.1. The molecule has 0 bridgehead atoms. The molecule has 0 saturated carbocycles. The Hall–Kier alpha value is -2.17. The van der Waals surface area contributed by atoms with Crippen molar-refractivity contribution in [1.82, 2.24) is 14.8 Å². The van der Waals surface area contributed by atoms with Gasteiger partial charge < -0.3 is 9.80 Å². The molecule has 3 heterocycles. The van der Waals surface area contributed by atoms with Gasteiger partial charge in [-0.3, -0.25) is 14.6 Å². The number of likely N-dealkylation sites (tertiary alicyclic amines) is 1. The third-order valence-electron chi connectivity index (χ3n) is 6.42. The van der Waals surface area contributed by atoms with Crippen molar-refractivity contribution in [3.8, 4) is 0 Å². The summed E-state index contributed by atoms with van der Waals surface area (Å²) in [7, 11) is 1.87. The van der Waals surface area contributed by atoms with E-state index in [9.17, 15) is 9.59 Å². The SMILES string of the molecule is CN1C(=O)c2cccnc2C12CCN(C(=O)C1(C)CC=CCC1)CC2. The first-order chi connectivity index (χ1) is 12.0. The van der Waals surface area contributed by atoms with Gasteiger partial charge in [0, 0.05) is 26.3 Å². The molecule has 0 aromatic carbocycles. The summed E-state index contributed by atoms with van der Waals surface area (Å²) >= 11 is 0. The van der Waals surface area contributed by atoms with Crippen LogP contribution in [0.25, 0.3) is 0 Å². The summed E-state index contributed by atoms with van der Waals surface area (Å²) < 4.78 is 0. The molecule has 5 heteroatoms. The number of pyridine rings is 1. The van der Waals surface area contributed by atoms with Gasteiger partial charge in [0.15, 0.2) is 0 Å². The highest BCUT2D eigenvalue weighted by Crippen LogP contribution is 2.45. The van der Waals surface area contributed by atoms with Gasteiger partial charge in [-0.15, -0.1) is 0 Å². The number of aromatic nitrogens is 1. The molecule has 25 heavy (non-hydrogen) atoms. The van der Waals surface area contributed by atoms with Crippen LogP contribution in [-0.2, 0) is 10.3 Å². The normalized spacial score (nSPS) is 27.7. The van der Waals surface area contributed by atoms with Gasteiger partial charge in [-0.2, -0.15) is 0 Å². The highest BCUT2D eigenvalue weighted by molar-refractivity contribution is 5.99. The molecule has 1 spiro atoms. The third kappa shape index (κ3) is 2.32. The number of hydrogen-bond donors (Lipinski definition) is 0. The molecular weight excluding hydrogens is 314 g/mol. The molecule has 1 aliphatic carbocycles. The van der Waals surface area contributed by atoms with Crippen LogP contribution in [0.3, 0.4) is 0 Å². The Morgan fingerprint density at radius 3 is 2.64 bits per heavy atom. The summed E-state index contributed by atoms with van der Waals surface area (Å²) in [4.78, 5) is 34.0. The number of fused-ring (bicyclic) bond motifs is 2. The second kappa shape index (κ2) is 5.68. The summed E-state index contributed by atoms with van der Waals surface area (Å²) in [5.41, 5.74) is 0.987. The van der Waals surface area contributed by atoms with Gasteiger partial charge in [0.2, 0.25) is 5.91 Å². The Balaban J connectivity index is 1.55. The zero-order valence-electron chi connectivity index (χ0n) is 15.0. The zero-order chi connectivity index (χ0) is 17.7. The maximum Gasteiger partial charge on any atom is 0.256 e. The van der Waals surface area contributed by atoms with Crippen molar-refractivity contribution in [2.75, 3.05) is 20.1 Å². The third-order valence-corrected chi connectivity index (χ3v) is 6.42. The molecule has 4 rings (SSSR count). The Labute approximate surface area is 148 Å². The average Bonchev–Trinajstić information content (AvgIpc) is 2.85. The lowest BCUT2D eigenvalue weighted by Crippen LogP contribution is -2.54. The predicted octanol–water partition coefficient (Wildman–Crippen LogP) is 2.73. The lowest BCUT2D eigenvalue weighted by Gasteiger charge is -2.45. The largest absolute Gasteiger partial charge is 0.342 e. The summed E-state index contributed by atoms with van der Waals surface area (Å²) in [6.07, 6.45) is 10.3. The van der Waals surface area contributed by atoms with Crippen LogP contribution in [0.15, 0.2) is 30.5 Å². The number of rotatable bonds is 1. The van der Waals surface area contributed by atoms with E-state index in [-0.39, 0.29) is 22.8 Å².